The lowest BCUT2D eigenvalue weighted by molar-refractivity contribution is 0.281. The summed E-state index contributed by atoms with van der Waals surface area (Å²) in [5, 5.41) is 9.26. The third kappa shape index (κ3) is 3.49. The maximum Gasteiger partial charge on any atom is 0.159 e. The van der Waals surface area contributed by atoms with Gasteiger partial charge < -0.3 is 5.11 Å². The Hall–Kier alpha value is -2.04. The fourth-order valence-electron chi connectivity index (χ4n) is 2.48. The first kappa shape index (κ1) is 15.8. The first-order valence-electron chi connectivity index (χ1n) is 7.30. The smallest absolute Gasteiger partial charge is 0.159 e. The van der Waals surface area contributed by atoms with Crippen molar-refractivity contribution in [3.63, 3.8) is 0 Å². The largest absolute Gasteiger partial charge is 0.392 e. The molecular formula is C19H16F2OS. The van der Waals surface area contributed by atoms with Crippen molar-refractivity contribution in [1.82, 2.24) is 0 Å². The van der Waals surface area contributed by atoms with Crippen LogP contribution in [0.1, 0.15) is 21.6 Å². The lowest BCUT2D eigenvalue weighted by Gasteiger charge is -2.06. The minimum absolute atomic E-state index is 0.0256. The molecule has 0 atom stereocenters. The first-order valence-corrected chi connectivity index (χ1v) is 8.12. The average molecular weight is 330 g/mol. The van der Waals surface area contributed by atoms with E-state index in [1.54, 1.807) is 17.4 Å². The van der Waals surface area contributed by atoms with E-state index in [2.05, 4.69) is 0 Å². The van der Waals surface area contributed by atoms with Crippen LogP contribution < -0.4 is 0 Å². The van der Waals surface area contributed by atoms with Gasteiger partial charge in [0.1, 0.15) is 0 Å². The number of benzene rings is 2. The average Bonchev–Trinajstić information content (AvgIpc) is 3.01. The number of aryl methyl sites for hydroxylation is 1. The Kier molecular flexibility index (Phi) is 4.55. The van der Waals surface area contributed by atoms with E-state index < -0.39 is 11.6 Å². The maximum atomic E-state index is 13.4. The van der Waals surface area contributed by atoms with Gasteiger partial charge in [-0.25, -0.2) is 8.78 Å². The van der Waals surface area contributed by atoms with Crippen molar-refractivity contribution >= 4 is 11.3 Å². The highest BCUT2D eigenvalue weighted by molar-refractivity contribution is 7.15. The van der Waals surface area contributed by atoms with Crippen LogP contribution in [0.15, 0.2) is 48.5 Å². The highest BCUT2D eigenvalue weighted by Gasteiger charge is 2.09. The van der Waals surface area contributed by atoms with Crippen molar-refractivity contribution in [2.45, 2.75) is 20.0 Å². The van der Waals surface area contributed by atoms with Crippen molar-refractivity contribution < 1.29 is 13.9 Å². The molecule has 1 heterocycles. The summed E-state index contributed by atoms with van der Waals surface area (Å²) in [5.41, 5.74) is 3.91. The van der Waals surface area contributed by atoms with E-state index in [-0.39, 0.29) is 6.61 Å². The van der Waals surface area contributed by atoms with E-state index in [1.165, 1.54) is 11.6 Å². The minimum Gasteiger partial charge on any atom is -0.392 e. The Morgan fingerprint density at radius 3 is 2.52 bits per heavy atom. The Labute approximate surface area is 137 Å². The molecule has 0 spiro atoms. The first-order chi connectivity index (χ1) is 11.1. The van der Waals surface area contributed by atoms with Gasteiger partial charge in [0.15, 0.2) is 11.6 Å². The second-order valence-electron chi connectivity index (χ2n) is 5.49. The summed E-state index contributed by atoms with van der Waals surface area (Å²) in [7, 11) is 0. The highest BCUT2D eigenvalue weighted by Crippen LogP contribution is 2.31. The summed E-state index contributed by atoms with van der Waals surface area (Å²) in [6, 6.07) is 13.8. The topological polar surface area (TPSA) is 20.2 Å². The van der Waals surface area contributed by atoms with Gasteiger partial charge in [0, 0.05) is 16.2 Å². The molecule has 3 aromatic rings. The van der Waals surface area contributed by atoms with E-state index in [4.69, 9.17) is 0 Å². The van der Waals surface area contributed by atoms with Crippen molar-refractivity contribution in [2.24, 2.45) is 0 Å². The molecule has 118 valence electrons. The Bertz CT molecular complexity index is 839. The maximum absolute atomic E-state index is 13.4. The zero-order valence-corrected chi connectivity index (χ0v) is 13.5. The third-order valence-electron chi connectivity index (χ3n) is 3.83. The summed E-state index contributed by atoms with van der Waals surface area (Å²) in [5.74, 6) is -1.66. The molecule has 23 heavy (non-hydrogen) atoms. The van der Waals surface area contributed by atoms with Crippen molar-refractivity contribution in [3.8, 4) is 10.4 Å². The number of aliphatic hydroxyl groups is 1. The second-order valence-corrected chi connectivity index (χ2v) is 6.66. The molecule has 1 nitrogen and oxygen atoms in total. The molecule has 0 fully saturated rings. The summed E-state index contributed by atoms with van der Waals surface area (Å²) < 4.78 is 26.4. The van der Waals surface area contributed by atoms with Gasteiger partial charge in [-0.2, -0.15) is 0 Å². The van der Waals surface area contributed by atoms with E-state index in [0.717, 1.165) is 33.4 Å². The predicted molar refractivity (Wildman–Crippen MR) is 89.6 cm³/mol. The number of aliphatic hydroxyl groups excluding tert-OH is 1. The lowest BCUT2D eigenvalue weighted by atomic mass is 10.0. The molecule has 3 rings (SSSR count). The van der Waals surface area contributed by atoms with Crippen LogP contribution in [0.3, 0.4) is 0 Å². The van der Waals surface area contributed by atoms with Gasteiger partial charge in [-0.3, -0.25) is 0 Å². The fraction of sp³-hybridized carbons (Fsp3) is 0.158. The molecule has 1 aromatic heterocycles. The number of hydrogen-bond donors (Lipinski definition) is 1. The van der Waals surface area contributed by atoms with Crippen LogP contribution >= 0.6 is 11.3 Å². The number of halogens is 2. The van der Waals surface area contributed by atoms with Crippen LogP contribution in [0.2, 0.25) is 0 Å². The number of hydrogen-bond acceptors (Lipinski definition) is 2. The van der Waals surface area contributed by atoms with Crippen molar-refractivity contribution in [2.75, 3.05) is 0 Å². The van der Waals surface area contributed by atoms with Crippen LogP contribution in [0, 0.1) is 18.6 Å². The van der Waals surface area contributed by atoms with Crippen molar-refractivity contribution in [3.05, 3.63) is 81.7 Å². The molecule has 0 aliphatic heterocycles. The monoisotopic (exact) mass is 330 g/mol. The molecule has 0 aliphatic rings. The Morgan fingerprint density at radius 2 is 1.78 bits per heavy atom. The zero-order chi connectivity index (χ0) is 16.4. The number of thiophene rings is 1. The molecule has 0 radical (unpaired) electrons. The van der Waals surface area contributed by atoms with E-state index in [1.807, 2.05) is 37.3 Å². The van der Waals surface area contributed by atoms with Gasteiger partial charge in [0.2, 0.25) is 0 Å². The van der Waals surface area contributed by atoms with Gasteiger partial charge in [-0.05, 0) is 53.4 Å². The molecule has 0 amide bonds. The molecule has 0 saturated heterocycles. The molecule has 4 heteroatoms. The van der Waals surface area contributed by atoms with Crippen LogP contribution in [0.4, 0.5) is 8.78 Å². The van der Waals surface area contributed by atoms with E-state index in [9.17, 15) is 13.9 Å². The van der Waals surface area contributed by atoms with Crippen LogP contribution in [0.25, 0.3) is 10.4 Å². The van der Waals surface area contributed by atoms with E-state index in [0.29, 0.717) is 5.56 Å². The molecular weight excluding hydrogens is 314 g/mol. The number of rotatable bonds is 4. The zero-order valence-electron chi connectivity index (χ0n) is 12.6. The summed E-state index contributed by atoms with van der Waals surface area (Å²) in [6.45, 7) is 2.07. The Balaban J connectivity index is 1.86. The highest BCUT2D eigenvalue weighted by atomic mass is 32.1. The van der Waals surface area contributed by atoms with Gasteiger partial charge >= 0.3 is 0 Å². The Morgan fingerprint density at radius 1 is 0.957 bits per heavy atom. The molecule has 0 unspecified atom stereocenters. The molecule has 1 N–H and O–H groups in total. The standard InChI is InChI=1S/C19H16F2OS/c1-12-2-3-13(11-22)8-15(12)9-16-5-7-19(23-16)14-4-6-17(20)18(21)10-14/h2-8,10,22H,9,11H2,1H3. The van der Waals surface area contributed by atoms with Gasteiger partial charge in [0.05, 0.1) is 6.61 Å². The van der Waals surface area contributed by atoms with Crippen LogP contribution in [-0.2, 0) is 13.0 Å². The van der Waals surface area contributed by atoms with Crippen LogP contribution in [-0.4, -0.2) is 5.11 Å². The minimum atomic E-state index is -0.832. The lowest BCUT2D eigenvalue weighted by Crippen LogP contribution is -1.92. The quantitative estimate of drug-likeness (QED) is 0.707. The molecule has 0 saturated carbocycles. The predicted octanol–water partition coefficient (Wildman–Crippen LogP) is 5.08. The van der Waals surface area contributed by atoms with Crippen molar-refractivity contribution in [1.29, 1.82) is 0 Å². The molecule has 2 aromatic carbocycles. The van der Waals surface area contributed by atoms with Crippen LogP contribution in [0.5, 0.6) is 0 Å². The SMILES string of the molecule is Cc1ccc(CO)cc1Cc1ccc(-c2ccc(F)c(F)c2)s1. The fourth-order valence-corrected chi connectivity index (χ4v) is 3.51. The third-order valence-corrected chi connectivity index (χ3v) is 4.96. The molecule has 0 aliphatic carbocycles. The molecule has 0 bridgehead atoms. The summed E-state index contributed by atoms with van der Waals surface area (Å²) >= 11 is 1.57. The van der Waals surface area contributed by atoms with Gasteiger partial charge in [-0.15, -0.1) is 11.3 Å². The second kappa shape index (κ2) is 6.60. The van der Waals surface area contributed by atoms with E-state index >= 15 is 0 Å². The summed E-state index contributed by atoms with van der Waals surface area (Å²) in [4.78, 5) is 2.05. The van der Waals surface area contributed by atoms with Gasteiger partial charge in [0.25, 0.3) is 0 Å². The summed E-state index contributed by atoms with van der Waals surface area (Å²) in [6.07, 6.45) is 0.758. The van der Waals surface area contributed by atoms with Gasteiger partial charge in [-0.1, -0.05) is 24.3 Å². The normalized spacial score (nSPS) is 11.0.